The molecule has 1 aromatic carbocycles. The van der Waals surface area contributed by atoms with Gasteiger partial charge in [0.15, 0.2) is 16.9 Å². The Labute approximate surface area is 500 Å². The molecule has 0 fully saturated rings. The fourth-order valence-corrected chi connectivity index (χ4v) is 8.05. The summed E-state index contributed by atoms with van der Waals surface area (Å²) in [5.74, 6) is -10.7. The number of carboxylic acid groups (broad SMARTS) is 2. The number of aliphatic hydroxyl groups excluding tert-OH is 10. The first-order valence-corrected chi connectivity index (χ1v) is 27.4. The summed E-state index contributed by atoms with van der Waals surface area (Å²) in [5, 5.41) is 136. The van der Waals surface area contributed by atoms with Crippen LogP contribution in [0, 0.1) is 0 Å². The zero-order valence-electron chi connectivity index (χ0n) is 47.8. The maximum atomic E-state index is 14.2. The van der Waals surface area contributed by atoms with Gasteiger partial charge in [0.1, 0.15) is 54.7 Å². The van der Waals surface area contributed by atoms with Gasteiger partial charge in [-0.2, -0.15) is 4.98 Å². The minimum atomic E-state index is -2.08. The molecule has 0 aliphatic carbocycles. The number of carbonyl (C=O) groups excluding carboxylic acids is 8. The SMILES string of the molecule is CC(=O)[C@H](CCC(=O)O)NC(=O)[C@H](CCC(=O)NC[C@H](O)[C@@H](O)[C@H](O)[C@H](O)CO)NC(=O)[C@H](CCC(=O)O)NC(=O)[C@H](CCC(=O)NC[C@H](O)[C@@H](O)[C@H](O)[C@H](O)CO)NC(=O)CC[C@@H](C)NC(=O)c1ccc(NCc2cnc3nc(N)[nH]c(=O)c3n2)cc1. The van der Waals surface area contributed by atoms with Gasteiger partial charge in [-0.1, -0.05) is 0 Å². The van der Waals surface area contributed by atoms with Crippen molar-refractivity contribution in [2.45, 2.75) is 164 Å². The fourth-order valence-electron chi connectivity index (χ4n) is 8.05. The molecule has 0 saturated heterocycles. The number of nitrogens with zero attached hydrogens (tertiary/aromatic N) is 3. The molecule has 0 saturated carbocycles. The molecule has 2 aromatic heterocycles. The Bertz CT molecular complexity index is 2920. The van der Waals surface area contributed by atoms with Gasteiger partial charge in [0.05, 0.1) is 49.9 Å². The van der Waals surface area contributed by atoms with Crippen LogP contribution in [-0.2, 0) is 49.7 Å². The van der Waals surface area contributed by atoms with E-state index in [1.54, 1.807) is 19.1 Å². The number of carbonyl (C=O) groups is 10. The second kappa shape index (κ2) is 36.6. The van der Waals surface area contributed by atoms with Crippen LogP contribution in [0.4, 0.5) is 11.6 Å². The number of aromatic amines is 1. The Balaban J connectivity index is 1.81. The number of aliphatic hydroxyl groups is 10. The number of amides is 7. The lowest BCUT2D eigenvalue weighted by atomic mass is 10.0. The minimum absolute atomic E-state index is 0.0222. The molecular weight excluding hydrogens is 1170 g/mol. The zero-order valence-corrected chi connectivity index (χ0v) is 47.8. The number of hydrogen-bond donors (Lipinski definition) is 22. The highest BCUT2D eigenvalue weighted by atomic mass is 16.4. The highest BCUT2D eigenvalue weighted by Gasteiger charge is 2.35. The van der Waals surface area contributed by atoms with E-state index in [1.807, 2.05) is 0 Å². The number of benzene rings is 1. The van der Waals surface area contributed by atoms with Crippen LogP contribution < -0.4 is 53.8 Å². The monoisotopic (exact) mass is 1250 g/mol. The van der Waals surface area contributed by atoms with E-state index in [1.165, 1.54) is 18.3 Å². The maximum absolute atomic E-state index is 14.2. The number of aliphatic carboxylic acids is 2. The summed E-state index contributed by atoms with van der Waals surface area (Å²) in [4.78, 5) is 157. The summed E-state index contributed by atoms with van der Waals surface area (Å²) in [7, 11) is 0. The highest BCUT2D eigenvalue weighted by molar-refractivity contribution is 5.97. The van der Waals surface area contributed by atoms with E-state index in [-0.39, 0.29) is 35.6 Å². The van der Waals surface area contributed by atoms with Crippen molar-refractivity contribution in [3.8, 4) is 0 Å². The number of Topliss-reactive ketones (excluding diaryl/α,β-unsaturated/α-hetero) is 1. The van der Waals surface area contributed by atoms with Crippen molar-refractivity contribution in [3.63, 3.8) is 0 Å². The molecule has 0 radical (unpaired) electrons. The molecule has 13 atom stereocenters. The number of rotatable bonds is 40. The number of nitrogens with one attached hydrogen (secondary N) is 9. The van der Waals surface area contributed by atoms with E-state index in [9.17, 15) is 104 Å². The number of carboxylic acids is 2. The molecule has 36 nitrogen and oxygen atoms in total. The van der Waals surface area contributed by atoms with Crippen LogP contribution in [0.5, 0.6) is 0 Å². The molecule has 3 rings (SSSR count). The Morgan fingerprint density at radius 1 is 0.557 bits per heavy atom. The molecule has 0 spiro atoms. The summed E-state index contributed by atoms with van der Waals surface area (Å²) in [5.41, 5.74) is 6.17. The van der Waals surface area contributed by atoms with Gasteiger partial charge in [0.25, 0.3) is 11.5 Å². The van der Waals surface area contributed by atoms with Crippen LogP contribution >= 0.6 is 0 Å². The molecule has 0 aliphatic rings. The first kappa shape index (κ1) is 73.8. The van der Waals surface area contributed by atoms with Gasteiger partial charge in [-0.05, 0) is 70.2 Å². The predicted octanol–water partition coefficient (Wildman–Crippen LogP) is -8.27. The number of ketones is 1. The fraction of sp³-hybridized carbons (Fsp3) is 0.577. The Morgan fingerprint density at radius 2 is 0.989 bits per heavy atom. The standard InChI is InChI=1S/C52H77N13O23/c1-23(58-47(84)25-4-6-26(7-5-25)54-17-27-18-57-46-41(59-27)51(88)65-52(53)64-46)3-12-38(75)60-29(8-13-36(73)55-19-32(69)42(80)44(82)34(71)21-66)48(85)63-31(11-16-40(78)79)50(87)62-30(49(86)61-28(24(2)68)10-15-39(76)77)9-14-37(74)56-20-33(70)43(81)45(83)35(72)22-67/h4-7,18,23,28-35,42-45,54,66-67,69-72,80-83H,3,8-17,19-22H2,1-2H3,(H,55,73)(H,56,74)(H,58,84)(H,60,75)(H,61,86)(H,62,87)(H,63,85)(H,76,77)(H,78,79)(H3,53,57,64,65,88)/t23-,28+,29+,30+,31+,32+,33+,34-,35-,42-,43-,44-,45-/m1/s1. The topological polar surface area (TPSA) is 607 Å². The predicted molar refractivity (Wildman–Crippen MR) is 301 cm³/mol. The van der Waals surface area contributed by atoms with Crippen molar-refractivity contribution in [2.75, 3.05) is 37.4 Å². The third kappa shape index (κ3) is 25.1. The number of H-pyrrole nitrogens is 1. The molecule has 3 aromatic rings. The lowest BCUT2D eigenvalue weighted by molar-refractivity contribution is -0.139. The third-order valence-electron chi connectivity index (χ3n) is 13.3. The Hall–Kier alpha value is -8.46. The van der Waals surface area contributed by atoms with Crippen molar-refractivity contribution < 1.29 is 109 Å². The maximum Gasteiger partial charge on any atom is 0.303 e. The Morgan fingerprint density at radius 3 is 1.45 bits per heavy atom. The first-order valence-electron chi connectivity index (χ1n) is 27.4. The second-order valence-electron chi connectivity index (χ2n) is 20.4. The molecule has 2 heterocycles. The van der Waals surface area contributed by atoms with Crippen LogP contribution in [0.2, 0.25) is 0 Å². The normalized spacial score (nSPS) is 15.8. The molecule has 88 heavy (non-hydrogen) atoms. The van der Waals surface area contributed by atoms with Crippen molar-refractivity contribution in [1.82, 2.24) is 57.2 Å². The van der Waals surface area contributed by atoms with Crippen LogP contribution in [0.3, 0.4) is 0 Å². The van der Waals surface area contributed by atoms with E-state index in [4.69, 9.17) is 15.9 Å². The van der Waals surface area contributed by atoms with Crippen molar-refractivity contribution in [1.29, 1.82) is 0 Å². The van der Waals surface area contributed by atoms with E-state index in [2.05, 4.69) is 62.5 Å². The number of hydrogen-bond acceptors (Lipinski definition) is 26. The van der Waals surface area contributed by atoms with Gasteiger partial charge in [-0.3, -0.25) is 57.7 Å². The van der Waals surface area contributed by atoms with Gasteiger partial charge < -0.3 is 110 Å². The van der Waals surface area contributed by atoms with Crippen LogP contribution in [0.25, 0.3) is 11.2 Å². The number of fused-ring (bicyclic) bond motifs is 1. The molecule has 7 amide bonds. The molecule has 0 bridgehead atoms. The Kier molecular flexibility index (Phi) is 30.7. The average Bonchev–Trinajstić information content (AvgIpc) is 1.57. The number of nitrogen functional groups attached to an aromatic ring is 1. The first-order chi connectivity index (χ1) is 41.4. The summed E-state index contributed by atoms with van der Waals surface area (Å²) in [6, 6.07) is -1.51. The van der Waals surface area contributed by atoms with Crippen LogP contribution in [0.1, 0.15) is 94.1 Å². The summed E-state index contributed by atoms with van der Waals surface area (Å²) >= 11 is 0. The summed E-state index contributed by atoms with van der Waals surface area (Å²) < 4.78 is 0. The number of anilines is 2. The van der Waals surface area contributed by atoms with Crippen LogP contribution in [-0.4, -0.2) is 246 Å². The van der Waals surface area contributed by atoms with E-state index in [0.717, 1.165) is 6.92 Å². The van der Waals surface area contributed by atoms with Gasteiger partial charge in [-0.15, -0.1) is 0 Å². The van der Waals surface area contributed by atoms with Crippen LogP contribution in [0.15, 0.2) is 35.3 Å². The molecule has 36 heteroatoms. The lowest BCUT2D eigenvalue weighted by Crippen LogP contribution is -2.58. The van der Waals surface area contributed by atoms with E-state index >= 15 is 0 Å². The second-order valence-corrected chi connectivity index (χ2v) is 20.4. The zero-order chi connectivity index (χ0) is 65.9. The van der Waals surface area contributed by atoms with Crippen molar-refractivity contribution >= 4 is 81.9 Å². The van der Waals surface area contributed by atoms with Gasteiger partial charge in [0.2, 0.25) is 41.4 Å². The smallest absolute Gasteiger partial charge is 0.303 e. The number of nitrogens with two attached hydrogens (primary N) is 1. The highest BCUT2D eigenvalue weighted by Crippen LogP contribution is 2.14. The largest absolute Gasteiger partial charge is 0.481 e. The van der Waals surface area contributed by atoms with E-state index < -0.39 is 228 Å². The third-order valence-corrected chi connectivity index (χ3v) is 13.3. The molecule has 0 aliphatic heterocycles. The van der Waals surface area contributed by atoms with Gasteiger partial charge in [-0.25, -0.2) is 9.97 Å². The minimum Gasteiger partial charge on any atom is -0.481 e. The van der Waals surface area contributed by atoms with Gasteiger partial charge >= 0.3 is 11.9 Å². The molecular formula is C52H77N13O23. The van der Waals surface area contributed by atoms with Crippen molar-refractivity contribution in [2.24, 2.45) is 0 Å². The average molecular weight is 1250 g/mol. The lowest BCUT2D eigenvalue weighted by Gasteiger charge is -2.27. The van der Waals surface area contributed by atoms with Gasteiger partial charge in [0, 0.05) is 62.5 Å². The summed E-state index contributed by atoms with van der Waals surface area (Å²) in [6.07, 6.45) is -20.1. The molecule has 23 N–H and O–H groups in total. The molecule has 488 valence electrons. The van der Waals surface area contributed by atoms with Crippen molar-refractivity contribution in [3.05, 3.63) is 52.1 Å². The number of aromatic nitrogens is 4. The molecule has 0 unspecified atom stereocenters. The van der Waals surface area contributed by atoms with E-state index in [0.29, 0.717) is 11.4 Å². The quantitative estimate of drug-likeness (QED) is 0.0251. The summed E-state index contributed by atoms with van der Waals surface area (Å²) in [6.45, 7) is -0.821.